The van der Waals surface area contributed by atoms with E-state index in [1.54, 1.807) is 0 Å². The normalized spacial score (nSPS) is 11.7. The topological polar surface area (TPSA) is 41.6 Å². The van der Waals surface area contributed by atoms with Gasteiger partial charge in [0.25, 0.3) is 0 Å². The lowest BCUT2D eigenvalue weighted by Gasteiger charge is -2.21. The molecule has 16 heavy (non-hydrogen) atoms. The smallest absolute Gasteiger partial charge is 0.160 e. The molecule has 1 aromatic carbocycles. The first kappa shape index (κ1) is 10.9. The maximum Gasteiger partial charge on any atom is 0.160 e. The fourth-order valence-electron chi connectivity index (χ4n) is 1.72. The first-order valence-electron chi connectivity index (χ1n) is 5.62. The first-order chi connectivity index (χ1) is 7.64. The molecule has 0 unspecified atom stereocenters. The summed E-state index contributed by atoms with van der Waals surface area (Å²) in [6.45, 7) is 6.36. The van der Waals surface area contributed by atoms with Crippen LogP contribution in [0.1, 0.15) is 38.0 Å². The summed E-state index contributed by atoms with van der Waals surface area (Å²) in [6.07, 6.45) is 0.887. The van der Waals surface area contributed by atoms with Crippen molar-refractivity contribution in [2.24, 2.45) is 0 Å². The standard InChI is InChI=1S/C13H17N3/c1-4-11-14-12(16-15-11)13(2,3)10-8-6-5-7-9-10/h5-9H,4H2,1-3H3,(H,14,15,16). The number of aryl methyl sites for hydroxylation is 1. The van der Waals surface area contributed by atoms with Crippen LogP contribution in [-0.4, -0.2) is 15.2 Å². The van der Waals surface area contributed by atoms with Crippen molar-refractivity contribution in [2.45, 2.75) is 32.6 Å². The van der Waals surface area contributed by atoms with Crippen LogP contribution in [0.25, 0.3) is 0 Å². The molecule has 3 heteroatoms. The maximum atomic E-state index is 4.51. The second-order valence-electron chi connectivity index (χ2n) is 4.45. The Morgan fingerprint density at radius 3 is 2.44 bits per heavy atom. The Bertz CT molecular complexity index is 457. The molecule has 1 N–H and O–H groups in total. The van der Waals surface area contributed by atoms with Crippen LogP contribution in [-0.2, 0) is 11.8 Å². The van der Waals surface area contributed by atoms with Gasteiger partial charge in [-0.2, -0.15) is 5.10 Å². The molecule has 0 fully saturated rings. The first-order valence-corrected chi connectivity index (χ1v) is 5.62. The summed E-state index contributed by atoms with van der Waals surface area (Å²) < 4.78 is 0. The molecule has 0 aliphatic carbocycles. The molecule has 0 spiro atoms. The summed E-state index contributed by atoms with van der Waals surface area (Å²) >= 11 is 0. The number of benzene rings is 1. The number of aromatic nitrogens is 3. The van der Waals surface area contributed by atoms with E-state index in [1.165, 1.54) is 5.56 Å². The largest absolute Gasteiger partial charge is 0.263 e. The molecule has 0 atom stereocenters. The summed E-state index contributed by atoms with van der Waals surface area (Å²) in [7, 11) is 0. The predicted octanol–water partition coefficient (Wildman–Crippen LogP) is 2.69. The summed E-state index contributed by atoms with van der Waals surface area (Å²) in [6, 6.07) is 10.3. The van der Waals surface area contributed by atoms with Crippen molar-refractivity contribution in [3.63, 3.8) is 0 Å². The van der Waals surface area contributed by atoms with E-state index in [9.17, 15) is 0 Å². The Hall–Kier alpha value is -1.64. The second kappa shape index (κ2) is 4.08. The van der Waals surface area contributed by atoms with E-state index in [0.717, 1.165) is 18.1 Å². The van der Waals surface area contributed by atoms with Crippen LogP contribution in [0.4, 0.5) is 0 Å². The highest BCUT2D eigenvalue weighted by molar-refractivity contribution is 5.30. The molecule has 0 aliphatic rings. The molecule has 0 saturated heterocycles. The monoisotopic (exact) mass is 215 g/mol. The van der Waals surface area contributed by atoms with Crippen LogP contribution in [0.3, 0.4) is 0 Å². The van der Waals surface area contributed by atoms with Gasteiger partial charge in [0.1, 0.15) is 5.82 Å². The van der Waals surface area contributed by atoms with E-state index >= 15 is 0 Å². The van der Waals surface area contributed by atoms with E-state index in [1.807, 2.05) is 18.2 Å². The number of aromatic amines is 1. The van der Waals surface area contributed by atoms with Crippen molar-refractivity contribution in [1.82, 2.24) is 15.2 Å². The summed E-state index contributed by atoms with van der Waals surface area (Å²) in [5.74, 6) is 1.80. The molecular formula is C13H17N3. The molecule has 1 aromatic heterocycles. The van der Waals surface area contributed by atoms with Gasteiger partial charge in [0.2, 0.25) is 0 Å². The van der Waals surface area contributed by atoms with Crippen molar-refractivity contribution in [3.8, 4) is 0 Å². The Morgan fingerprint density at radius 1 is 1.19 bits per heavy atom. The van der Waals surface area contributed by atoms with Crippen LogP contribution in [0.15, 0.2) is 30.3 Å². The Balaban J connectivity index is 2.38. The number of rotatable bonds is 3. The third-order valence-electron chi connectivity index (χ3n) is 2.92. The van der Waals surface area contributed by atoms with Crippen LogP contribution >= 0.6 is 0 Å². The number of hydrogen-bond donors (Lipinski definition) is 1. The second-order valence-corrected chi connectivity index (χ2v) is 4.45. The van der Waals surface area contributed by atoms with Crippen LogP contribution in [0.5, 0.6) is 0 Å². The Kier molecular flexibility index (Phi) is 2.77. The van der Waals surface area contributed by atoms with Crippen LogP contribution in [0.2, 0.25) is 0 Å². The highest BCUT2D eigenvalue weighted by atomic mass is 15.2. The van der Waals surface area contributed by atoms with Crippen molar-refractivity contribution >= 4 is 0 Å². The fourth-order valence-corrected chi connectivity index (χ4v) is 1.72. The highest BCUT2D eigenvalue weighted by Gasteiger charge is 2.27. The fraction of sp³-hybridized carbons (Fsp3) is 0.385. The van der Waals surface area contributed by atoms with Crippen molar-refractivity contribution in [1.29, 1.82) is 0 Å². The molecule has 2 aromatic rings. The van der Waals surface area contributed by atoms with Gasteiger partial charge in [0.05, 0.1) is 5.41 Å². The lowest BCUT2D eigenvalue weighted by molar-refractivity contribution is 0.593. The lowest BCUT2D eigenvalue weighted by atomic mass is 9.84. The zero-order valence-electron chi connectivity index (χ0n) is 9.99. The number of nitrogens with one attached hydrogen (secondary N) is 1. The maximum absolute atomic E-state index is 4.51. The Labute approximate surface area is 95.9 Å². The minimum atomic E-state index is -0.148. The third kappa shape index (κ3) is 1.85. The molecule has 3 nitrogen and oxygen atoms in total. The minimum Gasteiger partial charge on any atom is -0.263 e. The molecule has 0 saturated carbocycles. The molecule has 0 aliphatic heterocycles. The van der Waals surface area contributed by atoms with Crippen LogP contribution in [0, 0.1) is 0 Å². The van der Waals surface area contributed by atoms with E-state index in [-0.39, 0.29) is 5.41 Å². The zero-order valence-corrected chi connectivity index (χ0v) is 9.99. The summed E-state index contributed by atoms with van der Waals surface area (Å²) in [5.41, 5.74) is 1.09. The highest BCUT2D eigenvalue weighted by Crippen LogP contribution is 2.28. The minimum absolute atomic E-state index is 0.148. The van der Waals surface area contributed by atoms with Crippen LogP contribution < -0.4 is 0 Å². The molecule has 0 bridgehead atoms. The molecule has 1 heterocycles. The van der Waals surface area contributed by atoms with E-state index in [2.05, 4.69) is 48.1 Å². The van der Waals surface area contributed by atoms with Gasteiger partial charge in [-0.3, -0.25) is 5.10 Å². The van der Waals surface area contributed by atoms with Gasteiger partial charge in [-0.1, -0.05) is 37.3 Å². The number of H-pyrrole nitrogens is 1. The predicted molar refractivity (Wildman–Crippen MR) is 64.3 cm³/mol. The molecule has 0 amide bonds. The molecule has 84 valence electrons. The summed E-state index contributed by atoms with van der Waals surface area (Å²) in [4.78, 5) is 4.51. The van der Waals surface area contributed by atoms with Gasteiger partial charge < -0.3 is 0 Å². The van der Waals surface area contributed by atoms with Gasteiger partial charge >= 0.3 is 0 Å². The average Bonchev–Trinajstić information content (AvgIpc) is 2.79. The average molecular weight is 215 g/mol. The number of hydrogen-bond acceptors (Lipinski definition) is 2. The van der Waals surface area contributed by atoms with Crippen molar-refractivity contribution < 1.29 is 0 Å². The third-order valence-corrected chi connectivity index (χ3v) is 2.92. The number of nitrogens with zero attached hydrogens (tertiary/aromatic N) is 2. The van der Waals surface area contributed by atoms with E-state index in [4.69, 9.17) is 0 Å². The molecular weight excluding hydrogens is 198 g/mol. The van der Waals surface area contributed by atoms with Crippen molar-refractivity contribution in [2.75, 3.05) is 0 Å². The molecule has 2 rings (SSSR count). The van der Waals surface area contributed by atoms with Gasteiger partial charge in [0, 0.05) is 6.42 Å². The SMILES string of the molecule is CCc1nc(C(C)(C)c2ccccc2)n[nH]1. The zero-order chi connectivity index (χ0) is 11.6. The van der Waals surface area contributed by atoms with Gasteiger partial charge in [-0.25, -0.2) is 4.98 Å². The van der Waals surface area contributed by atoms with Crippen molar-refractivity contribution in [3.05, 3.63) is 47.5 Å². The lowest BCUT2D eigenvalue weighted by Crippen LogP contribution is -2.20. The quantitative estimate of drug-likeness (QED) is 0.855. The Morgan fingerprint density at radius 2 is 1.88 bits per heavy atom. The summed E-state index contributed by atoms with van der Waals surface area (Å²) in [5, 5.41) is 7.27. The van der Waals surface area contributed by atoms with Gasteiger partial charge in [0.15, 0.2) is 5.82 Å². The van der Waals surface area contributed by atoms with Gasteiger partial charge in [-0.15, -0.1) is 0 Å². The van der Waals surface area contributed by atoms with Gasteiger partial charge in [-0.05, 0) is 19.4 Å². The molecule has 0 radical (unpaired) electrons. The van der Waals surface area contributed by atoms with E-state index in [0.29, 0.717) is 0 Å². The van der Waals surface area contributed by atoms with E-state index < -0.39 is 0 Å².